The molecule has 1 aromatic carbocycles. The lowest BCUT2D eigenvalue weighted by molar-refractivity contribution is 0.0735. The molecule has 0 N–H and O–H groups in total. The van der Waals surface area contributed by atoms with E-state index in [4.69, 9.17) is 4.42 Å². The van der Waals surface area contributed by atoms with Gasteiger partial charge >= 0.3 is 5.91 Å². The van der Waals surface area contributed by atoms with Crippen molar-refractivity contribution in [2.24, 2.45) is 0 Å². The molecule has 0 radical (unpaired) electrons. The van der Waals surface area contributed by atoms with Crippen LogP contribution in [0.15, 0.2) is 28.7 Å². The third-order valence-electron chi connectivity index (χ3n) is 2.53. The third-order valence-corrected chi connectivity index (χ3v) is 2.53. The van der Waals surface area contributed by atoms with Crippen LogP contribution in [0.4, 0.5) is 0 Å². The van der Waals surface area contributed by atoms with E-state index >= 15 is 0 Å². The first-order valence-corrected chi connectivity index (χ1v) is 5.41. The molecular formula is C12H14N2O2. The van der Waals surface area contributed by atoms with E-state index in [1.165, 1.54) is 0 Å². The highest BCUT2D eigenvalue weighted by Gasteiger charge is 2.18. The Morgan fingerprint density at radius 3 is 2.62 bits per heavy atom. The average Bonchev–Trinajstić information content (AvgIpc) is 2.74. The molecule has 0 saturated heterocycles. The SMILES string of the molecule is CCN(CC)C(=O)c1nc2ccccc2o1. The number of rotatable bonds is 3. The van der Waals surface area contributed by atoms with E-state index in [1.807, 2.05) is 32.0 Å². The van der Waals surface area contributed by atoms with Gasteiger partial charge in [0.15, 0.2) is 5.58 Å². The van der Waals surface area contributed by atoms with Crippen LogP contribution in [0.5, 0.6) is 0 Å². The molecule has 0 aliphatic carbocycles. The van der Waals surface area contributed by atoms with Crippen LogP contribution in [0.1, 0.15) is 24.5 Å². The van der Waals surface area contributed by atoms with Crippen LogP contribution >= 0.6 is 0 Å². The molecule has 0 atom stereocenters. The van der Waals surface area contributed by atoms with Gasteiger partial charge in [-0.15, -0.1) is 0 Å². The van der Waals surface area contributed by atoms with Crippen LogP contribution in [0, 0.1) is 0 Å². The van der Waals surface area contributed by atoms with E-state index in [-0.39, 0.29) is 11.8 Å². The van der Waals surface area contributed by atoms with Gasteiger partial charge < -0.3 is 9.32 Å². The normalized spacial score (nSPS) is 10.6. The van der Waals surface area contributed by atoms with Gasteiger partial charge in [-0.3, -0.25) is 4.79 Å². The number of nitrogens with zero attached hydrogens (tertiary/aromatic N) is 2. The predicted octanol–water partition coefficient (Wildman–Crippen LogP) is 2.31. The average molecular weight is 218 g/mol. The molecule has 4 heteroatoms. The van der Waals surface area contributed by atoms with Gasteiger partial charge in [-0.2, -0.15) is 0 Å². The molecule has 16 heavy (non-hydrogen) atoms. The zero-order chi connectivity index (χ0) is 11.5. The molecule has 0 unspecified atom stereocenters. The Morgan fingerprint density at radius 2 is 2.00 bits per heavy atom. The number of oxazole rings is 1. The third kappa shape index (κ3) is 1.78. The minimum atomic E-state index is -0.152. The summed E-state index contributed by atoms with van der Waals surface area (Å²) in [5, 5.41) is 0. The molecule has 0 aliphatic rings. The molecule has 0 aliphatic heterocycles. The summed E-state index contributed by atoms with van der Waals surface area (Å²) in [7, 11) is 0. The number of amides is 1. The topological polar surface area (TPSA) is 46.3 Å². The maximum atomic E-state index is 11.9. The van der Waals surface area contributed by atoms with E-state index in [2.05, 4.69) is 4.98 Å². The number of carbonyl (C=O) groups is 1. The lowest BCUT2D eigenvalue weighted by Gasteiger charge is -2.15. The van der Waals surface area contributed by atoms with Crippen LogP contribution in [0.2, 0.25) is 0 Å². The van der Waals surface area contributed by atoms with Crippen LogP contribution in [0.3, 0.4) is 0 Å². The number of aromatic nitrogens is 1. The van der Waals surface area contributed by atoms with Gasteiger partial charge in [0.05, 0.1) is 0 Å². The number of benzene rings is 1. The fourth-order valence-corrected chi connectivity index (χ4v) is 1.61. The first-order valence-electron chi connectivity index (χ1n) is 5.41. The molecule has 0 spiro atoms. The zero-order valence-corrected chi connectivity index (χ0v) is 9.43. The standard InChI is InChI=1S/C12H14N2O2/c1-3-14(4-2)12(15)11-13-9-7-5-6-8-10(9)16-11/h5-8H,3-4H2,1-2H3. The Hall–Kier alpha value is -1.84. The number of hydrogen-bond donors (Lipinski definition) is 0. The second kappa shape index (κ2) is 4.35. The van der Waals surface area contributed by atoms with E-state index in [0.29, 0.717) is 18.7 Å². The molecule has 1 heterocycles. The Balaban J connectivity index is 2.36. The summed E-state index contributed by atoms with van der Waals surface area (Å²) < 4.78 is 5.41. The summed E-state index contributed by atoms with van der Waals surface area (Å²) in [5.74, 6) is 0.0195. The van der Waals surface area contributed by atoms with Gasteiger partial charge in [0, 0.05) is 13.1 Å². The van der Waals surface area contributed by atoms with Gasteiger partial charge in [-0.1, -0.05) is 12.1 Å². The molecule has 0 bridgehead atoms. The van der Waals surface area contributed by atoms with Crippen LogP contribution < -0.4 is 0 Å². The van der Waals surface area contributed by atoms with Gasteiger partial charge in [0.1, 0.15) is 5.52 Å². The van der Waals surface area contributed by atoms with Crippen molar-refractivity contribution in [1.82, 2.24) is 9.88 Å². The minimum Gasteiger partial charge on any atom is -0.432 e. The smallest absolute Gasteiger partial charge is 0.309 e. The van der Waals surface area contributed by atoms with Crippen molar-refractivity contribution in [3.05, 3.63) is 30.2 Å². The van der Waals surface area contributed by atoms with Gasteiger partial charge in [0.25, 0.3) is 5.89 Å². The Labute approximate surface area is 93.9 Å². The van der Waals surface area contributed by atoms with Crippen molar-refractivity contribution in [2.75, 3.05) is 13.1 Å². The van der Waals surface area contributed by atoms with Crippen molar-refractivity contribution in [3.63, 3.8) is 0 Å². The molecule has 2 rings (SSSR count). The quantitative estimate of drug-likeness (QED) is 0.794. The Kier molecular flexibility index (Phi) is 2.90. The molecule has 4 nitrogen and oxygen atoms in total. The van der Waals surface area contributed by atoms with E-state index in [9.17, 15) is 4.79 Å². The monoisotopic (exact) mass is 218 g/mol. The first-order chi connectivity index (χ1) is 7.76. The minimum absolute atomic E-state index is 0.152. The Morgan fingerprint density at radius 1 is 1.31 bits per heavy atom. The first kappa shape index (κ1) is 10.7. The molecular weight excluding hydrogens is 204 g/mol. The summed E-state index contributed by atoms with van der Waals surface area (Å²) in [6, 6.07) is 7.37. The summed E-state index contributed by atoms with van der Waals surface area (Å²) in [5.41, 5.74) is 1.37. The second-order valence-corrected chi connectivity index (χ2v) is 3.46. The van der Waals surface area contributed by atoms with Gasteiger partial charge in [-0.05, 0) is 26.0 Å². The Bertz CT molecular complexity index is 467. The van der Waals surface area contributed by atoms with Crippen molar-refractivity contribution < 1.29 is 9.21 Å². The highest BCUT2D eigenvalue weighted by molar-refractivity contribution is 5.92. The lowest BCUT2D eigenvalue weighted by atomic mass is 10.3. The summed E-state index contributed by atoms with van der Waals surface area (Å²) in [6.07, 6.45) is 0. The van der Waals surface area contributed by atoms with E-state index < -0.39 is 0 Å². The molecule has 0 fully saturated rings. The fourth-order valence-electron chi connectivity index (χ4n) is 1.61. The number of para-hydroxylation sites is 2. The van der Waals surface area contributed by atoms with E-state index in [0.717, 1.165) is 5.52 Å². The molecule has 84 valence electrons. The van der Waals surface area contributed by atoms with Crippen LogP contribution in [-0.4, -0.2) is 28.9 Å². The van der Waals surface area contributed by atoms with Crippen LogP contribution in [0.25, 0.3) is 11.1 Å². The summed E-state index contributed by atoms with van der Waals surface area (Å²) in [6.45, 7) is 5.19. The number of carbonyl (C=O) groups excluding carboxylic acids is 1. The van der Waals surface area contributed by atoms with E-state index in [1.54, 1.807) is 11.0 Å². The summed E-state index contributed by atoms with van der Waals surface area (Å²) >= 11 is 0. The van der Waals surface area contributed by atoms with Crippen molar-refractivity contribution in [3.8, 4) is 0 Å². The highest BCUT2D eigenvalue weighted by atomic mass is 16.4. The molecule has 0 saturated carbocycles. The predicted molar refractivity (Wildman–Crippen MR) is 61.3 cm³/mol. The lowest BCUT2D eigenvalue weighted by Crippen LogP contribution is -2.30. The molecule has 1 aromatic heterocycles. The number of fused-ring (bicyclic) bond motifs is 1. The van der Waals surface area contributed by atoms with Crippen molar-refractivity contribution in [2.45, 2.75) is 13.8 Å². The second-order valence-electron chi connectivity index (χ2n) is 3.46. The zero-order valence-electron chi connectivity index (χ0n) is 9.43. The van der Waals surface area contributed by atoms with Gasteiger partial charge in [0.2, 0.25) is 0 Å². The van der Waals surface area contributed by atoms with Crippen molar-refractivity contribution >= 4 is 17.0 Å². The number of hydrogen-bond acceptors (Lipinski definition) is 3. The maximum absolute atomic E-state index is 11.9. The molecule has 2 aromatic rings. The van der Waals surface area contributed by atoms with Crippen molar-refractivity contribution in [1.29, 1.82) is 0 Å². The summed E-state index contributed by atoms with van der Waals surface area (Å²) in [4.78, 5) is 17.8. The fraction of sp³-hybridized carbons (Fsp3) is 0.333. The molecule has 1 amide bonds. The highest BCUT2D eigenvalue weighted by Crippen LogP contribution is 2.15. The largest absolute Gasteiger partial charge is 0.432 e. The van der Waals surface area contributed by atoms with Crippen LogP contribution in [-0.2, 0) is 0 Å². The maximum Gasteiger partial charge on any atom is 0.309 e. The van der Waals surface area contributed by atoms with Gasteiger partial charge in [-0.25, -0.2) is 4.98 Å².